The van der Waals surface area contributed by atoms with Gasteiger partial charge in [-0.25, -0.2) is 4.79 Å². The Labute approximate surface area is 242 Å². The molecule has 0 aliphatic rings. The molecule has 4 unspecified atom stereocenters. The molecule has 0 aliphatic heterocycles. The highest BCUT2D eigenvalue weighted by molar-refractivity contribution is 5.95. The largest absolute Gasteiger partial charge is 0.480 e. The van der Waals surface area contributed by atoms with E-state index in [1.165, 1.54) is 0 Å². The lowest BCUT2D eigenvalue weighted by atomic mass is 10.0. The number of carboxylic acids is 1. The second-order valence-electron chi connectivity index (χ2n) is 9.99. The number of carbonyl (C=O) groups is 6. The van der Waals surface area contributed by atoms with E-state index in [2.05, 4.69) is 20.9 Å². The summed E-state index contributed by atoms with van der Waals surface area (Å²) in [5.74, 6) is -5.18. The number of aromatic amines is 1. The van der Waals surface area contributed by atoms with E-state index in [4.69, 9.17) is 22.9 Å². The quantitative estimate of drug-likeness (QED) is 0.0839. The molecule has 2 aromatic rings. The van der Waals surface area contributed by atoms with Crippen LogP contribution in [0.25, 0.3) is 10.9 Å². The number of amides is 5. The number of hydrogen-bond acceptors (Lipinski definition) is 8. The van der Waals surface area contributed by atoms with Crippen molar-refractivity contribution in [3.05, 3.63) is 36.0 Å². The lowest BCUT2D eigenvalue weighted by Gasteiger charge is -2.25. The summed E-state index contributed by atoms with van der Waals surface area (Å²) < 4.78 is 0. The normalized spacial score (nSPS) is 13.9. The highest BCUT2D eigenvalue weighted by Gasteiger charge is 2.31. The monoisotopic (exact) mass is 588 g/mol. The summed E-state index contributed by atoms with van der Waals surface area (Å²) >= 11 is 0. The molecule has 42 heavy (non-hydrogen) atoms. The minimum Gasteiger partial charge on any atom is -0.480 e. The van der Waals surface area contributed by atoms with Gasteiger partial charge in [0.05, 0.1) is 6.04 Å². The molecule has 15 nitrogen and oxygen atoms in total. The van der Waals surface area contributed by atoms with Crippen molar-refractivity contribution in [2.24, 2.45) is 22.9 Å². The lowest BCUT2D eigenvalue weighted by molar-refractivity contribution is -0.142. The van der Waals surface area contributed by atoms with Crippen molar-refractivity contribution in [2.75, 3.05) is 6.54 Å². The molecule has 4 atom stereocenters. The number of carboxylic acid groups (broad SMARTS) is 1. The number of H-pyrrole nitrogens is 1. The van der Waals surface area contributed by atoms with Gasteiger partial charge in [-0.3, -0.25) is 24.0 Å². The van der Waals surface area contributed by atoms with Gasteiger partial charge in [0.25, 0.3) is 0 Å². The number of hydrogen-bond donors (Lipinski definition) is 9. The van der Waals surface area contributed by atoms with Crippen molar-refractivity contribution in [3.8, 4) is 0 Å². The number of benzene rings is 1. The van der Waals surface area contributed by atoms with Crippen molar-refractivity contribution in [3.63, 3.8) is 0 Å². The van der Waals surface area contributed by atoms with Crippen molar-refractivity contribution in [1.82, 2.24) is 20.9 Å². The van der Waals surface area contributed by atoms with Gasteiger partial charge >= 0.3 is 5.97 Å². The third-order valence-electron chi connectivity index (χ3n) is 6.64. The third kappa shape index (κ3) is 10.8. The van der Waals surface area contributed by atoms with E-state index < -0.39 is 59.7 Å². The van der Waals surface area contributed by atoms with Crippen LogP contribution >= 0.6 is 0 Å². The van der Waals surface area contributed by atoms with Gasteiger partial charge < -0.3 is 49.0 Å². The van der Waals surface area contributed by atoms with Crippen molar-refractivity contribution < 1.29 is 33.9 Å². The predicted molar refractivity (Wildman–Crippen MR) is 153 cm³/mol. The Bertz CT molecular complexity index is 1260. The first-order valence-corrected chi connectivity index (χ1v) is 13.6. The molecule has 0 fully saturated rings. The summed E-state index contributed by atoms with van der Waals surface area (Å²) in [6, 6.07) is 2.24. The smallest absolute Gasteiger partial charge is 0.326 e. The standard InChI is InChI=1S/C27H40N8O7/c28-12-4-3-6-17(29)24(38)33-19(8-10-22(30)36)25(39)34-20(9-11-23(31)37)26(40)35-21(27(41)42)13-15-14-32-18-7-2-1-5-16(15)18/h1-2,5,7,14,17,19-21,32H,3-4,6,8-13,28-29H2,(H2,30,36)(H2,31,37)(H,33,38)(H,34,39)(H,35,40)(H,41,42). The number of nitrogens with one attached hydrogen (secondary N) is 4. The summed E-state index contributed by atoms with van der Waals surface area (Å²) in [6.07, 6.45) is 2.12. The van der Waals surface area contributed by atoms with Crippen LogP contribution in [-0.2, 0) is 35.2 Å². The zero-order chi connectivity index (χ0) is 31.2. The molecule has 0 spiro atoms. The maximum Gasteiger partial charge on any atom is 0.326 e. The van der Waals surface area contributed by atoms with Crippen molar-refractivity contribution >= 4 is 46.4 Å². The SMILES string of the molecule is NCCCCC(N)C(=O)NC(CCC(N)=O)C(=O)NC(CCC(N)=O)C(=O)NC(Cc1c[nH]c2ccccc12)C(=O)O. The molecule has 0 aliphatic carbocycles. The first kappa shape index (κ1) is 33.7. The highest BCUT2D eigenvalue weighted by atomic mass is 16.4. The Morgan fingerprint density at radius 3 is 1.88 bits per heavy atom. The predicted octanol–water partition coefficient (Wildman–Crippen LogP) is -1.76. The summed E-state index contributed by atoms with van der Waals surface area (Å²) in [6.45, 7) is 0.428. The van der Waals surface area contributed by atoms with Gasteiger partial charge in [-0.05, 0) is 43.9 Å². The van der Waals surface area contributed by atoms with Crippen LogP contribution in [0.1, 0.15) is 50.5 Å². The number of aliphatic carboxylic acids is 1. The minimum absolute atomic E-state index is 0.0685. The number of nitrogens with two attached hydrogens (primary N) is 4. The average Bonchev–Trinajstić information content (AvgIpc) is 3.35. The van der Waals surface area contributed by atoms with Crippen LogP contribution in [-0.4, -0.2) is 76.3 Å². The van der Waals surface area contributed by atoms with E-state index >= 15 is 0 Å². The molecule has 230 valence electrons. The van der Waals surface area contributed by atoms with E-state index in [-0.39, 0.29) is 32.1 Å². The number of fused-ring (bicyclic) bond motifs is 1. The van der Waals surface area contributed by atoms with Crippen LogP contribution in [0.15, 0.2) is 30.5 Å². The average molecular weight is 589 g/mol. The Morgan fingerprint density at radius 1 is 0.786 bits per heavy atom. The van der Waals surface area contributed by atoms with Gasteiger partial charge in [-0.1, -0.05) is 24.6 Å². The third-order valence-corrected chi connectivity index (χ3v) is 6.64. The fraction of sp³-hybridized carbons (Fsp3) is 0.481. The minimum atomic E-state index is -1.39. The molecule has 2 rings (SSSR count). The first-order valence-electron chi connectivity index (χ1n) is 13.6. The zero-order valence-electron chi connectivity index (χ0n) is 23.3. The molecule has 0 radical (unpaired) electrons. The fourth-order valence-corrected chi connectivity index (χ4v) is 4.29. The van der Waals surface area contributed by atoms with E-state index in [0.717, 1.165) is 10.9 Å². The topological polar surface area (TPSA) is 279 Å². The van der Waals surface area contributed by atoms with Crippen LogP contribution in [0.3, 0.4) is 0 Å². The second-order valence-corrected chi connectivity index (χ2v) is 9.99. The van der Waals surface area contributed by atoms with Crippen molar-refractivity contribution in [1.29, 1.82) is 0 Å². The summed E-state index contributed by atoms with van der Waals surface area (Å²) in [5.41, 5.74) is 23.3. The number of unbranched alkanes of at least 4 members (excludes halogenated alkanes) is 1. The van der Waals surface area contributed by atoms with Crippen LogP contribution in [0.2, 0.25) is 0 Å². The van der Waals surface area contributed by atoms with E-state index in [1.54, 1.807) is 12.3 Å². The van der Waals surface area contributed by atoms with Crippen molar-refractivity contribution in [2.45, 2.75) is 75.5 Å². The second kappa shape index (κ2) is 16.7. The van der Waals surface area contributed by atoms with Gasteiger partial charge in [0, 0.05) is 36.4 Å². The molecule has 0 saturated heterocycles. The van der Waals surface area contributed by atoms with Gasteiger partial charge in [-0.2, -0.15) is 0 Å². The van der Waals surface area contributed by atoms with Crippen LogP contribution < -0.4 is 38.9 Å². The highest BCUT2D eigenvalue weighted by Crippen LogP contribution is 2.19. The molecular formula is C27H40N8O7. The van der Waals surface area contributed by atoms with Gasteiger partial charge in [0.15, 0.2) is 0 Å². The maximum atomic E-state index is 13.2. The molecule has 15 heteroatoms. The number of primary amides is 2. The number of rotatable bonds is 19. The molecule has 1 heterocycles. The number of para-hydroxylation sites is 1. The first-order chi connectivity index (χ1) is 19.9. The molecule has 0 saturated carbocycles. The summed E-state index contributed by atoms with van der Waals surface area (Å²) in [4.78, 5) is 77.0. The molecule has 13 N–H and O–H groups in total. The summed E-state index contributed by atoms with van der Waals surface area (Å²) in [5, 5.41) is 17.9. The number of carbonyl (C=O) groups excluding carboxylic acids is 5. The van der Waals surface area contributed by atoms with Crippen LogP contribution in [0.5, 0.6) is 0 Å². The fourth-order valence-electron chi connectivity index (χ4n) is 4.29. The number of aromatic nitrogens is 1. The van der Waals surface area contributed by atoms with Gasteiger partial charge in [0.1, 0.15) is 18.1 Å². The molecule has 1 aromatic carbocycles. The summed E-state index contributed by atoms with van der Waals surface area (Å²) in [7, 11) is 0. The Balaban J connectivity index is 2.19. The van der Waals surface area contributed by atoms with E-state index in [1.807, 2.05) is 18.2 Å². The molecule has 0 bridgehead atoms. The lowest BCUT2D eigenvalue weighted by Crippen LogP contribution is -2.57. The molecule has 5 amide bonds. The zero-order valence-corrected chi connectivity index (χ0v) is 23.3. The Hall–Kier alpha value is -4.50. The Morgan fingerprint density at radius 2 is 1.33 bits per heavy atom. The van der Waals surface area contributed by atoms with E-state index in [0.29, 0.717) is 31.4 Å². The van der Waals surface area contributed by atoms with E-state index in [9.17, 15) is 33.9 Å². The maximum absolute atomic E-state index is 13.2. The Kier molecular flexibility index (Phi) is 13.4. The molecule has 1 aromatic heterocycles. The van der Waals surface area contributed by atoms with Crippen LogP contribution in [0, 0.1) is 0 Å². The van der Waals surface area contributed by atoms with Crippen LogP contribution in [0.4, 0.5) is 0 Å². The van der Waals surface area contributed by atoms with Gasteiger partial charge in [-0.15, -0.1) is 0 Å². The van der Waals surface area contributed by atoms with Gasteiger partial charge in [0.2, 0.25) is 29.5 Å². The molecular weight excluding hydrogens is 548 g/mol.